The van der Waals surface area contributed by atoms with Crippen LogP contribution in [-0.2, 0) is 15.4 Å². The maximum absolute atomic E-state index is 11.6. The Balaban J connectivity index is 2.54. The summed E-state index contributed by atoms with van der Waals surface area (Å²) in [4.78, 5) is 0.326. The maximum atomic E-state index is 11.6. The molecule has 0 saturated carbocycles. The lowest BCUT2D eigenvalue weighted by Gasteiger charge is -2.26. The molecule has 5 heteroatoms. The summed E-state index contributed by atoms with van der Waals surface area (Å²) in [5, 5.41) is 4.01. The van der Waals surface area contributed by atoms with E-state index in [0.29, 0.717) is 9.92 Å². The van der Waals surface area contributed by atoms with Crippen molar-refractivity contribution < 1.29 is 8.42 Å². The predicted octanol–water partition coefficient (Wildman–Crippen LogP) is 2.34. The zero-order valence-electron chi connectivity index (χ0n) is 9.96. The van der Waals surface area contributed by atoms with E-state index in [4.69, 9.17) is 11.6 Å². The molecule has 0 bridgehead atoms. The van der Waals surface area contributed by atoms with E-state index in [1.165, 1.54) is 6.26 Å². The van der Waals surface area contributed by atoms with E-state index in [2.05, 4.69) is 12.2 Å². The molecule has 1 aliphatic rings. The molecule has 1 N–H and O–H groups in total. The summed E-state index contributed by atoms with van der Waals surface area (Å²) in [6.45, 7) is 3.00. The summed E-state index contributed by atoms with van der Waals surface area (Å²) < 4.78 is 23.1. The van der Waals surface area contributed by atoms with Gasteiger partial charge in [-0.25, -0.2) is 8.42 Å². The minimum Gasteiger partial charge on any atom is -0.308 e. The summed E-state index contributed by atoms with van der Waals surface area (Å²) >= 11 is 6.18. The van der Waals surface area contributed by atoms with Gasteiger partial charge in [-0.3, -0.25) is 0 Å². The van der Waals surface area contributed by atoms with Crippen LogP contribution in [0.4, 0.5) is 0 Å². The van der Waals surface area contributed by atoms with Crippen LogP contribution in [0.2, 0.25) is 5.02 Å². The predicted molar refractivity (Wildman–Crippen MR) is 69.2 cm³/mol. The van der Waals surface area contributed by atoms with Crippen LogP contribution < -0.4 is 5.32 Å². The quantitative estimate of drug-likeness (QED) is 0.900. The Morgan fingerprint density at radius 1 is 1.41 bits per heavy atom. The van der Waals surface area contributed by atoms with Crippen molar-refractivity contribution in [2.24, 2.45) is 0 Å². The molecule has 1 atom stereocenters. The van der Waals surface area contributed by atoms with Crippen molar-refractivity contribution >= 4 is 21.4 Å². The van der Waals surface area contributed by atoms with Crippen LogP contribution in [-0.4, -0.2) is 21.2 Å². The van der Waals surface area contributed by atoms with Crippen LogP contribution in [0, 0.1) is 0 Å². The lowest BCUT2D eigenvalue weighted by molar-refractivity contribution is 0.434. The first-order chi connectivity index (χ1) is 7.83. The summed E-state index contributed by atoms with van der Waals surface area (Å²) in [6, 6.07) is 4.91. The second kappa shape index (κ2) is 4.26. The van der Waals surface area contributed by atoms with E-state index in [0.717, 1.165) is 24.9 Å². The van der Waals surface area contributed by atoms with Crippen LogP contribution in [0.25, 0.3) is 0 Å². The highest BCUT2D eigenvalue weighted by molar-refractivity contribution is 7.90. The average molecular weight is 274 g/mol. The van der Waals surface area contributed by atoms with Gasteiger partial charge in [-0.1, -0.05) is 11.6 Å². The molecule has 0 radical (unpaired) electrons. The number of sulfone groups is 1. The van der Waals surface area contributed by atoms with Crippen molar-refractivity contribution in [2.45, 2.75) is 30.2 Å². The second-order valence-electron chi connectivity index (χ2n) is 4.78. The van der Waals surface area contributed by atoms with Gasteiger partial charge in [0.05, 0.1) is 4.90 Å². The second-order valence-corrected chi connectivity index (χ2v) is 7.20. The molecule has 94 valence electrons. The highest BCUT2D eigenvalue weighted by Gasteiger charge is 2.32. The van der Waals surface area contributed by atoms with E-state index in [-0.39, 0.29) is 5.54 Å². The van der Waals surface area contributed by atoms with Gasteiger partial charge in [-0.05, 0) is 50.1 Å². The third kappa shape index (κ3) is 2.49. The van der Waals surface area contributed by atoms with E-state index in [1.807, 2.05) is 0 Å². The number of benzene rings is 1. The molecule has 1 unspecified atom stereocenters. The molecule has 0 aromatic heterocycles. The molecule has 1 saturated heterocycles. The number of halogens is 1. The minimum absolute atomic E-state index is 0.211. The van der Waals surface area contributed by atoms with Crippen LogP contribution in [0.1, 0.15) is 25.3 Å². The van der Waals surface area contributed by atoms with Gasteiger partial charge in [0.2, 0.25) is 0 Å². The minimum atomic E-state index is -3.18. The molecule has 3 nitrogen and oxygen atoms in total. The molecule has 1 aliphatic heterocycles. The normalized spacial score (nSPS) is 25.1. The van der Waals surface area contributed by atoms with Crippen molar-refractivity contribution in [2.75, 3.05) is 12.8 Å². The van der Waals surface area contributed by atoms with Crippen molar-refractivity contribution in [3.05, 3.63) is 28.8 Å². The summed E-state index contributed by atoms with van der Waals surface area (Å²) in [7, 11) is -3.18. The highest BCUT2D eigenvalue weighted by atomic mass is 35.5. The Morgan fingerprint density at radius 3 is 2.65 bits per heavy atom. The first-order valence-electron chi connectivity index (χ1n) is 5.58. The smallest absolute Gasteiger partial charge is 0.175 e. The van der Waals surface area contributed by atoms with Crippen molar-refractivity contribution in [1.29, 1.82) is 0 Å². The fourth-order valence-electron chi connectivity index (χ4n) is 2.28. The third-order valence-electron chi connectivity index (χ3n) is 3.33. The van der Waals surface area contributed by atoms with Gasteiger partial charge in [0, 0.05) is 16.8 Å². The first-order valence-corrected chi connectivity index (χ1v) is 7.85. The zero-order chi connectivity index (χ0) is 12.7. The average Bonchev–Trinajstić information content (AvgIpc) is 2.65. The van der Waals surface area contributed by atoms with Gasteiger partial charge in [-0.2, -0.15) is 0 Å². The van der Waals surface area contributed by atoms with Crippen molar-refractivity contribution in [3.63, 3.8) is 0 Å². The lowest BCUT2D eigenvalue weighted by Crippen LogP contribution is -2.33. The molecule has 17 heavy (non-hydrogen) atoms. The van der Waals surface area contributed by atoms with Gasteiger partial charge in [0.25, 0.3) is 0 Å². The maximum Gasteiger partial charge on any atom is 0.175 e. The summed E-state index contributed by atoms with van der Waals surface area (Å²) in [5.74, 6) is 0. The molecule has 2 rings (SSSR count). The number of hydrogen-bond acceptors (Lipinski definition) is 3. The van der Waals surface area contributed by atoms with Crippen LogP contribution in [0.15, 0.2) is 23.1 Å². The molecule has 1 aromatic rings. The molecule has 1 heterocycles. The molecular weight excluding hydrogens is 258 g/mol. The van der Waals surface area contributed by atoms with E-state index >= 15 is 0 Å². The van der Waals surface area contributed by atoms with Gasteiger partial charge < -0.3 is 5.32 Å². The molecule has 0 amide bonds. The molecule has 1 fully saturated rings. The fraction of sp³-hybridized carbons (Fsp3) is 0.500. The lowest BCUT2D eigenvalue weighted by atomic mass is 9.90. The van der Waals surface area contributed by atoms with E-state index in [1.54, 1.807) is 18.2 Å². The van der Waals surface area contributed by atoms with E-state index in [9.17, 15) is 8.42 Å². The first kappa shape index (κ1) is 12.9. The highest BCUT2D eigenvalue weighted by Crippen LogP contribution is 2.36. The Kier molecular flexibility index (Phi) is 3.23. The number of nitrogens with one attached hydrogen (secondary N) is 1. The Hall–Kier alpha value is -0.580. The van der Waals surface area contributed by atoms with Gasteiger partial charge in [0.15, 0.2) is 9.84 Å². The van der Waals surface area contributed by atoms with Gasteiger partial charge in [0.1, 0.15) is 0 Å². The SMILES string of the molecule is CC1(c2cc(S(C)(=O)=O)ccc2Cl)CCCN1. The fourth-order valence-corrected chi connectivity index (χ4v) is 3.26. The molecule has 0 aliphatic carbocycles. The molecule has 1 aromatic carbocycles. The van der Waals surface area contributed by atoms with Crippen LogP contribution in [0.5, 0.6) is 0 Å². The summed E-state index contributed by atoms with van der Waals surface area (Å²) in [5.41, 5.74) is 0.664. The van der Waals surface area contributed by atoms with Crippen LogP contribution >= 0.6 is 11.6 Å². The number of rotatable bonds is 2. The Bertz CT molecular complexity index is 533. The topological polar surface area (TPSA) is 46.2 Å². The van der Waals surface area contributed by atoms with Gasteiger partial charge in [-0.15, -0.1) is 0 Å². The van der Waals surface area contributed by atoms with Crippen LogP contribution in [0.3, 0.4) is 0 Å². The van der Waals surface area contributed by atoms with Crippen molar-refractivity contribution in [3.8, 4) is 0 Å². The summed E-state index contributed by atoms with van der Waals surface area (Å²) in [6.07, 6.45) is 3.26. The van der Waals surface area contributed by atoms with E-state index < -0.39 is 9.84 Å². The Labute approximate surface area is 107 Å². The number of hydrogen-bond donors (Lipinski definition) is 1. The Morgan fingerprint density at radius 2 is 2.12 bits per heavy atom. The van der Waals surface area contributed by atoms with Crippen molar-refractivity contribution in [1.82, 2.24) is 5.32 Å². The monoisotopic (exact) mass is 273 g/mol. The standard InChI is InChI=1S/C12H16ClNO2S/c1-12(6-3-7-14-12)10-8-9(17(2,15)16)4-5-11(10)13/h4-5,8,14H,3,6-7H2,1-2H3. The zero-order valence-corrected chi connectivity index (χ0v) is 11.5. The van der Waals surface area contributed by atoms with Gasteiger partial charge >= 0.3 is 0 Å². The largest absolute Gasteiger partial charge is 0.308 e. The molecular formula is C12H16ClNO2S. The third-order valence-corrected chi connectivity index (χ3v) is 4.77. The molecule has 0 spiro atoms.